The van der Waals surface area contributed by atoms with Crippen molar-refractivity contribution in [1.29, 1.82) is 0 Å². The minimum absolute atomic E-state index is 0.0650. The smallest absolute Gasteiger partial charge is 0.251 e. The normalized spacial score (nSPS) is 14.0. The summed E-state index contributed by atoms with van der Waals surface area (Å²) in [5.41, 5.74) is 7.32. The van der Waals surface area contributed by atoms with Crippen molar-refractivity contribution in [2.24, 2.45) is 0 Å². The number of likely N-dealkylation sites (tertiary alicyclic amines) is 1. The molecule has 0 saturated carbocycles. The lowest BCUT2D eigenvalue weighted by molar-refractivity contribution is 0.0952. The molecule has 0 unspecified atom stereocenters. The molecule has 156 valence electrons. The van der Waals surface area contributed by atoms with Crippen LogP contribution < -0.4 is 16.4 Å². The topological polar surface area (TPSA) is 114 Å². The number of hydrogen-bond donors (Lipinski definition) is 3. The predicted octanol–water partition coefficient (Wildman–Crippen LogP) is 2.20. The summed E-state index contributed by atoms with van der Waals surface area (Å²) >= 11 is 0. The standard InChI is InChI=1S/C21H26N8O/c22-20-26-21(27-29(20)18-6-1-2-11-23-18)25-17-9-7-16(8-10-17)19(30)24-12-5-15-28-13-3-4-14-28/h1-2,6-11H,3-5,12-15H2,(H,24,30)(H3,22,25,26,27). The number of nitrogen functional groups attached to an aromatic ring is 1. The average molecular weight is 406 g/mol. The van der Waals surface area contributed by atoms with Crippen LogP contribution in [0.4, 0.5) is 17.6 Å². The third-order valence-electron chi connectivity index (χ3n) is 5.04. The number of amides is 1. The maximum atomic E-state index is 12.3. The molecule has 4 rings (SSSR count). The summed E-state index contributed by atoms with van der Waals surface area (Å²) in [5.74, 6) is 1.12. The highest BCUT2D eigenvalue weighted by molar-refractivity contribution is 5.94. The Bertz CT molecular complexity index is 964. The number of carbonyl (C=O) groups excluding carboxylic acids is 1. The Kier molecular flexibility index (Phi) is 6.19. The molecule has 30 heavy (non-hydrogen) atoms. The van der Waals surface area contributed by atoms with Gasteiger partial charge in [-0.3, -0.25) is 4.79 Å². The van der Waals surface area contributed by atoms with E-state index in [0.29, 0.717) is 23.9 Å². The number of hydrogen-bond acceptors (Lipinski definition) is 7. The molecule has 3 aromatic rings. The molecule has 0 bridgehead atoms. The number of nitrogens with one attached hydrogen (secondary N) is 2. The molecule has 9 heteroatoms. The Hall–Kier alpha value is -3.46. The van der Waals surface area contributed by atoms with Gasteiger partial charge >= 0.3 is 0 Å². The number of rotatable bonds is 8. The van der Waals surface area contributed by atoms with Crippen molar-refractivity contribution in [3.05, 3.63) is 54.2 Å². The van der Waals surface area contributed by atoms with Crippen LogP contribution in [0.2, 0.25) is 0 Å². The van der Waals surface area contributed by atoms with Gasteiger partial charge in [0.2, 0.25) is 11.9 Å². The monoisotopic (exact) mass is 406 g/mol. The molecule has 9 nitrogen and oxygen atoms in total. The first-order valence-electron chi connectivity index (χ1n) is 10.2. The summed E-state index contributed by atoms with van der Waals surface area (Å²) < 4.78 is 1.46. The van der Waals surface area contributed by atoms with Crippen molar-refractivity contribution < 1.29 is 4.79 Å². The van der Waals surface area contributed by atoms with Gasteiger partial charge in [-0.25, -0.2) is 4.98 Å². The predicted molar refractivity (Wildman–Crippen MR) is 116 cm³/mol. The SMILES string of the molecule is Nc1nc(Nc2ccc(C(=O)NCCCN3CCCC3)cc2)nn1-c1ccccn1. The van der Waals surface area contributed by atoms with Gasteiger partial charge in [-0.05, 0) is 75.3 Å². The van der Waals surface area contributed by atoms with E-state index in [9.17, 15) is 4.79 Å². The first-order chi connectivity index (χ1) is 14.7. The first-order valence-corrected chi connectivity index (χ1v) is 10.2. The van der Waals surface area contributed by atoms with Crippen LogP contribution in [0.1, 0.15) is 29.6 Å². The second kappa shape index (κ2) is 9.36. The molecule has 0 aliphatic carbocycles. The van der Waals surface area contributed by atoms with Crippen LogP contribution in [0, 0.1) is 0 Å². The maximum Gasteiger partial charge on any atom is 0.251 e. The van der Waals surface area contributed by atoms with E-state index < -0.39 is 0 Å². The zero-order valence-electron chi connectivity index (χ0n) is 16.8. The minimum atomic E-state index is -0.0650. The number of nitrogens with zero attached hydrogens (tertiary/aromatic N) is 5. The quantitative estimate of drug-likeness (QED) is 0.491. The minimum Gasteiger partial charge on any atom is -0.368 e. The van der Waals surface area contributed by atoms with Gasteiger partial charge in [-0.2, -0.15) is 9.67 Å². The van der Waals surface area contributed by atoms with E-state index >= 15 is 0 Å². The summed E-state index contributed by atoms with van der Waals surface area (Å²) in [6.07, 6.45) is 5.22. The van der Waals surface area contributed by atoms with Crippen LogP contribution in [0.5, 0.6) is 0 Å². The molecule has 1 fully saturated rings. The van der Waals surface area contributed by atoms with Crippen molar-refractivity contribution in [3.8, 4) is 5.82 Å². The van der Waals surface area contributed by atoms with E-state index in [1.54, 1.807) is 24.4 Å². The molecule has 3 heterocycles. The van der Waals surface area contributed by atoms with Gasteiger partial charge in [-0.1, -0.05) is 6.07 Å². The third-order valence-corrected chi connectivity index (χ3v) is 5.04. The van der Waals surface area contributed by atoms with E-state index in [0.717, 1.165) is 18.7 Å². The number of anilines is 3. The zero-order chi connectivity index (χ0) is 20.8. The van der Waals surface area contributed by atoms with E-state index in [1.807, 2.05) is 24.3 Å². The van der Waals surface area contributed by atoms with E-state index in [1.165, 1.54) is 30.6 Å². The average Bonchev–Trinajstić information content (AvgIpc) is 3.42. The first kappa shape index (κ1) is 19.8. The second-order valence-electron chi connectivity index (χ2n) is 7.25. The van der Waals surface area contributed by atoms with E-state index in [-0.39, 0.29) is 11.9 Å². The molecule has 4 N–H and O–H groups in total. The van der Waals surface area contributed by atoms with Crippen molar-refractivity contribution in [2.75, 3.05) is 37.2 Å². The van der Waals surface area contributed by atoms with Gasteiger partial charge in [0, 0.05) is 24.0 Å². The van der Waals surface area contributed by atoms with Crippen molar-refractivity contribution in [3.63, 3.8) is 0 Å². The number of aromatic nitrogens is 4. The Morgan fingerprint density at radius 2 is 1.90 bits per heavy atom. The molecule has 1 aliphatic rings. The molecular weight excluding hydrogens is 380 g/mol. The van der Waals surface area contributed by atoms with Crippen LogP contribution in [0.15, 0.2) is 48.7 Å². The van der Waals surface area contributed by atoms with Gasteiger partial charge in [-0.15, -0.1) is 5.10 Å². The molecule has 0 radical (unpaired) electrons. The van der Waals surface area contributed by atoms with Gasteiger partial charge in [0.15, 0.2) is 5.82 Å². The van der Waals surface area contributed by atoms with E-state index in [4.69, 9.17) is 5.73 Å². The zero-order valence-corrected chi connectivity index (χ0v) is 16.8. The number of pyridine rings is 1. The third kappa shape index (κ3) is 4.93. The van der Waals surface area contributed by atoms with Crippen LogP contribution in [0.25, 0.3) is 5.82 Å². The van der Waals surface area contributed by atoms with Crippen LogP contribution in [-0.4, -0.2) is 56.7 Å². The fourth-order valence-electron chi connectivity index (χ4n) is 3.47. The highest BCUT2D eigenvalue weighted by Crippen LogP contribution is 2.17. The lowest BCUT2D eigenvalue weighted by Crippen LogP contribution is -2.28. The highest BCUT2D eigenvalue weighted by Gasteiger charge is 2.12. The fraction of sp³-hybridized carbons (Fsp3) is 0.333. The molecule has 2 aromatic heterocycles. The Morgan fingerprint density at radius 1 is 1.10 bits per heavy atom. The number of nitrogens with two attached hydrogens (primary N) is 1. The van der Waals surface area contributed by atoms with Crippen LogP contribution >= 0.6 is 0 Å². The van der Waals surface area contributed by atoms with Crippen LogP contribution in [0.3, 0.4) is 0 Å². The largest absolute Gasteiger partial charge is 0.368 e. The molecule has 1 amide bonds. The Balaban J connectivity index is 1.30. The molecule has 1 saturated heterocycles. The number of carbonyl (C=O) groups is 1. The maximum absolute atomic E-state index is 12.3. The molecule has 1 aromatic carbocycles. The van der Waals surface area contributed by atoms with Gasteiger partial charge in [0.25, 0.3) is 5.91 Å². The fourth-order valence-corrected chi connectivity index (χ4v) is 3.47. The van der Waals surface area contributed by atoms with Crippen molar-refractivity contribution >= 4 is 23.5 Å². The second-order valence-corrected chi connectivity index (χ2v) is 7.25. The molecule has 0 spiro atoms. The summed E-state index contributed by atoms with van der Waals surface area (Å²) in [6, 6.07) is 12.7. The van der Waals surface area contributed by atoms with Crippen molar-refractivity contribution in [1.82, 2.24) is 30.0 Å². The van der Waals surface area contributed by atoms with Gasteiger partial charge in [0.1, 0.15) is 0 Å². The Morgan fingerprint density at radius 3 is 2.63 bits per heavy atom. The van der Waals surface area contributed by atoms with Crippen molar-refractivity contribution in [2.45, 2.75) is 19.3 Å². The molecule has 0 atom stereocenters. The van der Waals surface area contributed by atoms with Gasteiger partial charge < -0.3 is 21.3 Å². The summed E-state index contributed by atoms with van der Waals surface area (Å²) in [5, 5.41) is 10.4. The lowest BCUT2D eigenvalue weighted by atomic mass is 10.2. The van der Waals surface area contributed by atoms with Crippen LogP contribution in [-0.2, 0) is 0 Å². The lowest BCUT2D eigenvalue weighted by Gasteiger charge is -2.14. The van der Waals surface area contributed by atoms with Gasteiger partial charge in [0.05, 0.1) is 0 Å². The summed E-state index contributed by atoms with van der Waals surface area (Å²) in [7, 11) is 0. The number of benzene rings is 1. The van der Waals surface area contributed by atoms with E-state index in [2.05, 4.69) is 30.6 Å². The summed E-state index contributed by atoms with van der Waals surface area (Å²) in [6.45, 7) is 4.10. The summed E-state index contributed by atoms with van der Waals surface area (Å²) in [4.78, 5) is 23.2. The highest BCUT2D eigenvalue weighted by atomic mass is 16.1. The Labute approximate surface area is 175 Å². The molecular formula is C21H26N8O. The molecule has 1 aliphatic heterocycles.